The van der Waals surface area contributed by atoms with Gasteiger partial charge in [-0.3, -0.25) is 9.78 Å². The molecule has 1 aromatic heterocycles. The van der Waals surface area contributed by atoms with Crippen LogP contribution in [0.5, 0.6) is 11.5 Å². The first-order valence-corrected chi connectivity index (χ1v) is 7.61. The van der Waals surface area contributed by atoms with Crippen LogP contribution in [0.25, 0.3) is 0 Å². The van der Waals surface area contributed by atoms with Crippen LogP contribution in [0.15, 0.2) is 36.7 Å². The third-order valence-electron chi connectivity index (χ3n) is 4.35. The van der Waals surface area contributed by atoms with Gasteiger partial charge < -0.3 is 14.4 Å². The highest BCUT2D eigenvalue weighted by Crippen LogP contribution is 2.38. The lowest BCUT2D eigenvalue weighted by molar-refractivity contribution is 0.0677. The number of rotatable bonds is 3. The number of hydrogen-bond donors (Lipinski definition) is 0. The van der Waals surface area contributed by atoms with E-state index in [0.717, 1.165) is 17.7 Å². The molecule has 1 aromatic carbocycles. The van der Waals surface area contributed by atoms with E-state index in [-0.39, 0.29) is 11.9 Å². The summed E-state index contributed by atoms with van der Waals surface area (Å²) in [5, 5.41) is 0. The molecule has 0 saturated heterocycles. The Morgan fingerprint density at radius 2 is 2.00 bits per heavy atom. The first-order chi connectivity index (χ1) is 11.2. The number of pyridine rings is 1. The molecule has 5 nitrogen and oxygen atoms in total. The Hall–Kier alpha value is -2.56. The largest absolute Gasteiger partial charge is 0.493 e. The van der Waals surface area contributed by atoms with Crippen LogP contribution in [0.1, 0.15) is 34.5 Å². The van der Waals surface area contributed by atoms with E-state index in [9.17, 15) is 4.79 Å². The van der Waals surface area contributed by atoms with Crippen molar-refractivity contribution in [2.75, 3.05) is 20.8 Å². The van der Waals surface area contributed by atoms with Gasteiger partial charge in [0.2, 0.25) is 0 Å². The van der Waals surface area contributed by atoms with Crippen LogP contribution in [0, 0.1) is 0 Å². The van der Waals surface area contributed by atoms with Crippen molar-refractivity contribution in [2.24, 2.45) is 0 Å². The molecule has 3 rings (SSSR count). The minimum atomic E-state index is -0.0220. The number of amides is 1. The average molecular weight is 312 g/mol. The molecular weight excluding hydrogens is 292 g/mol. The normalized spacial score (nSPS) is 16.7. The molecule has 0 radical (unpaired) electrons. The van der Waals surface area contributed by atoms with Gasteiger partial charge in [-0.15, -0.1) is 0 Å². The van der Waals surface area contributed by atoms with Gasteiger partial charge in [0.05, 0.1) is 25.8 Å². The van der Waals surface area contributed by atoms with E-state index in [1.54, 1.807) is 38.7 Å². The van der Waals surface area contributed by atoms with Crippen molar-refractivity contribution in [3.8, 4) is 11.5 Å². The van der Waals surface area contributed by atoms with E-state index in [1.165, 1.54) is 5.56 Å². The van der Waals surface area contributed by atoms with Gasteiger partial charge in [-0.1, -0.05) is 0 Å². The van der Waals surface area contributed by atoms with Gasteiger partial charge in [0.15, 0.2) is 11.5 Å². The third-order valence-corrected chi connectivity index (χ3v) is 4.35. The van der Waals surface area contributed by atoms with Gasteiger partial charge in [-0.2, -0.15) is 0 Å². The summed E-state index contributed by atoms with van der Waals surface area (Å²) < 4.78 is 10.8. The second-order valence-electron chi connectivity index (χ2n) is 5.57. The lowest BCUT2D eigenvalue weighted by atomic mass is 9.92. The number of carbonyl (C=O) groups excluding carboxylic acids is 1. The molecular formula is C18H20N2O3. The zero-order valence-electron chi connectivity index (χ0n) is 13.6. The Bertz CT molecular complexity index is 716. The summed E-state index contributed by atoms with van der Waals surface area (Å²) >= 11 is 0. The molecule has 1 aliphatic rings. The smallest absolute Gasteiger partial charge is 0.255 e. The van der Waals surface area contributed by atoms with Crippen molar-refractivity contribution < 1.29 is 14.3 Å². The van der Waals surface area contributed by atoms with Crippen molar-refractivity contribution in [3.63, 3.8) is 0 Å². The molecule has 23 heavy (non-hydrogen) atoms. The summed E-state index contributed by atoms with van der Waals surface area (Å²) in [6, 6.07) is 7.54. The van der Waals surface area contributed by atoms with E-state index >= 15 is 0 Å². The molecule has 120 valence electrons. The molecule has 5 heteroatoms. The Morgan fingerprint density at radius 3 is 2.65 bits per heavy atom. The molecule has 1 aliphatic heterocycles. The molecule has 0 bridgehead atoms. The molecule has 0 fully saturated rings. The molecule has 1 atom stereocenters. The summed E-state index contributed by atoms with van der Waals surface area (Å²) in [6.07, 6.45) is 4.08. The number of nitrogens with zero attached hydrogens (tertiary/aromatic N) is 2. The maximum atomic E-state index is 12.7. The van der Waals surface area contributed by atoms with Gasteiger partial charge in [0.25, 0.3) is 5.91 Å². The van der Waals surface area contributed by atoms with E-state index in [4.69, 9.17) is 9.47 Å². The van der Waals surface area contributed by atoms with E-state index in [2.05, 4.69) is 4.98 Å². The summed E-state index contributed by atoms with van der Waals surface area (Å²) in [4.78, 5) is 18.6. The maximum absolute atomic E-state index is 12.7. The number of methoxy groups -OCH3 is 2. The maximum Gasteiger partial charge on any atom is 0.255 e. The highest BCUT2D eigenvalue weighted by molar-refractivity contribution is 5.94. The SMILES string of the molecule is COc1cc2c(cc1OC)C(C)N(C(=O)c1cccnc1)CC2. The monoisotopic (exact) mass is 312 g/mol. The minimum Gasteiger partial charge on any atom is -0.493 e. The van der Waals surface area contributed by atoms with Crippen molar-refractivity contribution in [3.05, 3.63) is 53.3 Å². The summed E-state index contributed by atoms with van der Waals surface area (Å²) in [5.74, 6) is 1.42. The number of aromatic nitrogens is 1. The van der Waals surface area contributed by atoms with Crippen molar-refractivity contribution >= 4 is 5.91 Å². The summed E-state index contributed by atoms with van der Waals surface area (Å²) in [6.45, 7) is 2.72. The van der Waals surface area contributed by atoms with E-state index in [1.807, 2.05) is 24.0 Å². The fraction of sp³-hybridized carbons (Fsp3) is 0.333. The van der Waals surface area contributed by atoms with Crippen LogP contribution in [0.2, 0.25) is 0 Å². The second-order valence-corrected chi connectivity index (χ2v) is 5.57. The average Bonchev–Trinajstić information content (AvgIpc) is 2.61. The van der Waals surface area contributed by atoms with Crippen LogP contribution >= 0.6 is 0 Å². The van der Waals surface area contributed by atoms with Crippen LogP contribution in [-0.2, 0) is 6.42 Å². The first kappa shape index (κ1) is 15.3. The van der Waals surface area contributed by atoms with Crippen LogP contribution < -0.4 is 9.47 Å². The Morgan fingerprint density at radius 1 is 1.26 bits per heavy atom. The number of benzene rings is 1. The summed E-state index contributed by atoms with van der Waals surface area (Å²) in [7, 11) is 3.25. The molecule has 0 saturated carbocycles. The third kappa shape index (κ3) is 2.74. The van der Waals surface area contributed by atoms with Crippen molar-refractivity contribution in [1.82, 2.24) is 9.88 Å². The van der Waals surface area contributed by atoms with Crippen LogP contribution in [0.4, 0.5) is 0 Å². The first-order valence-electron chi connectivity index (χ1n) is 7.61. The van der Waals surface area contributed by atoms with Crippen molar-refractivity contribution in [2.45, 2.75) is 19.4 Å². The Labute approximate surface area is 135 Å². The number of hydrogen-bond acceptors (Lipinski definition) is 4. The second kappa shape index (κ2) is 6.28. The highest BCUT2D eigenvalue weighted by atomic mass is 16.5. The molecule has 1 amide bonds. The molecule has 0 aliphatic carbocycles. The fourth-order valence-corrected chi connectivity index (χ4v) is 3.08. The molecule has 2 heterocycles. The highest BCUT2D eigenvalue weighted by Gasteiger charge is 2.29. The van der Waals surface area contributed by atoms with Crippen LogP contribution in [-0.4, -0.2) is 36.6 Å². The predicted octanol–water partition coefficient (Wildman–Crippen LogP) is 2.86. The van der Waals surface area contributed by atoms with Gasteiger partial charge >= 0.3 is 0 Å². The minimum absolute atomic E-state index is 0.00559. The lowest BCUT2D eigenvalue weighted by Crippen LogP contribution is -2.38. The van der Waals surface area contributed by atoms with Crippen LogP contribution in [0.3, 0.4) is 0 Å². The quantitative estimate of drug-likeness (QED) is 0.874. The Kier molecular flexibility index (Phi) is 4.19. The number of carbonyl (C=O) groups is 1. The lowest BCUT2D eigenvalue weighted by Gasteiger charge is -2.35. The van der Waals surface area contributed by atoms with E-state index in [0.29, 0.717) is 17.9 Å². The topological polar surface area (TPSA) is 51.7 Å². The van der Waals surface area contributed by atoms with Gasteiger partial charge in [-0.05, 0) is 48.7 Å². The zero-order valence-corrected chi connectivity index (χ0v) is 13.6. The summed E-state index contributed by atoms with van der Waals surface area (Å²) in [5.41, 5.74) is 2.92. The van der Waals surface area contributed by atoms with Crippen molar-refractivity contribution in [1.29, 1.82) is 0 Å². The van der Waals surface area contributed by atoms with Gasteiger partial charge in [-0.25, -0.2) is 0 Å². The Balaban J connectivity index is 1.94. The fourth-order valence-electron chi connectivity index (χ4n) is 3.08. The zero-order chi connectivity index (χ0) is 16.4. The van der Waals surface area contributed by atoms with Gasteiger partial charge in [0, 0.05) is 18.9 Å². The molecule has 0 N–H and O–H groups in total. The number of fused-ring (bicyclic) bond motifs is 1. The standard InChI is InChI=1S/C18H20N2O3/c1-12-15-10-17(23-3)16(22-2)9-13(15)6-8-20(12)18(21)14-5-4-7-19-11-14/h4-5,7,9-12H,6,8H2,1-3H3. The predicted molar refractivity (Wildman–Crippen MR) is 86.9 cm³/mol. The van der Waals surface area contributed by atoms with E-state index < -0.39 is 0 Å². The molecule has 1 unspecified atom stereocenters. The number of ether oxygens (including phenoxy) is 2. The van der Waals surface area contributed by atoms with Gasteiger partial charge in [0.1, 0.15) is 0 Å². The molecule has 2 aromatic rings. The molecule has 0 spiro atoms.